The van der Waals surface area contributed by atoms with Gasteiger partial charge in [-0.15, -0.1) is 0 Å². The maximum atomic E-state index is 5.77. The quantitative estimate of drug-likeness (QED) is 0.621. The molecular formula is C15H24N2O. The monoisotopic (exact) mass is 248 g/mol. The molecule has 2 aliphatic rings. The van der Waals surface area contributed by atoms with Crippen LogP contribution >= 0.6 is 0 Å². The zero-order valence-corrected chi connectivity index (χ0v) is 11.2. The molecule has 4 atom stereocenters. The normalized spacial score (nSPS) is 32.0. The Morgan fingerprint density at radius 1 is 1.44 bits per heavy atom. The van der Waals surface area contributed by atoms with Crippen molar-refractivity contribution in [3.8, 4) is 0 Å². The largest absolute Gasteiger partial charge is 0.469 e. The first-order chi connectivity index (χ1) is 8.81. The van der Waals surface area contributed by atoms with Crippen LogP contribution in [0.25, 0.3) is 0 Å². The van der Waals surface area contributed by atoms with Gasteiger partial charge in [0.25, 0.3) is 0 Å². The first-order valence-electron chi connectivity index (χ1n) is 7.34. The molecule has 3 heteroatoms. The average molecular weight is 248 g/mol. The Morgan fingerprint density at radius 2 is 2.33 bits per heavy atom. The molecule has 4 unspecified atom stereocenters. The predicted molar refractivity (Wildman–Crippen MR) is 71.7 cm³/mol. The summed E-state index contributed by atoms with van der Waals surface area (Å²) in [6.45, 7) is 2.13. The summed E-state index contributed by atoms with van der Waals surface area (Å²) in [5.74, 6) is 9.69. The maximum Gasteiger partial charge on any atom is 0.108 e. The molecule has 2 bridgehead atoms. The molecule has 0 saturated heterocycles. The van der Waals surface area contributed by atoms with E-state index in [9.17, 15) is 0 Å². The molecule has 1 aromatic rings. The van der Waals surface area contributed by atoms with Crippen LogP contribution in [0.15, 0.2) is 16.7 Å². The minimum absolute atomic E-state index is 0.267. The van der Waals surface area contributed by atoms with Crippen LogP contribution in [0.5, 0.6) is 0 Å². The minimum Gasteiger partial charge on any atom is -0.469 e. The van der Waals surface area contributed by atoms with E-state index in [1.54, 1.807) is 6.26 Å². The smallest absolute Gasteiger partial charge is 0.108 e. The number of furan rings is 1. The van der Waals surface area contributed by atoms with Crippen molar-refractivity contribution < 1.29 is 4.42 Å². The van der Waals surface area contributed by atoms with Crippen molar-refractivity contribution >= 4 is 0 Å². The fraction of sp³-hybridized carbons (Fsp3) is 0.733. The van der Waals surface area contributed by atoms with Gasteiger partial charge in [-0.3, -0.25) is 11.3 Å². The maximum absolute atomic E-state index is 5.77. The number of rotatable bonds is 5. The summed E-state index contributed by atoms with van der Waals surface area (Å²) in [4.78, 5) is 0. The zero-order valence-electron chi connectivity index (χ0n) is 11.2. The highest BCUT2D eigenvalue weighted by molar-refractivity contribution is 5.21. The lowest BCUT2D eigenvalue weighted by atomic mass is 9.83. The van der Waals surface area contributed by atoms with Crippen molar-refractivity contribution in [2.24, 2.45) is 23.6 Å². The van der Waals surface area contributed by atoms with Crippen LogP contribution in [-0.2, 0) is 6.42 Å². The van der Waals surface area contributed by atoms with Gasteiger partial charge >= 0.3 is 0 Å². The number of fused-ring (bicyclic) bond motifs is 2. The van der Waals surface area contributed by atoms with Gasteiger partial charge in [-0.05, 0) is 49.5 Å². The first-order valence-corrected chi connectivity index (χ1v) is 7.34. The third kappa shape index (κ3) is 2.10. The van der Waals surface area contributed by atoms with Crippen LogP contribution in [0.3, 0.4) is 0 Å². The van der Waals surface area contributed by atoms with Crippen LogP contribution in [0.2, 0.25) is 0 Å². The molecule has 100 valence electrons. The van der Waals surface area contributed by atoms with E-state index >= 15 is 0 Å². The zero-order chi connectivity index (χ0) is 12.5. The highest BCUT2D eigenvalue weighted by Crippen LogP contribution is 2.51. The molecule has 3 N–H and O–H groups in total. The highest BCUT2D eigenvalue weighted by Gasteiger charge is 2.40. The number of hydrogen-bond donors (Lipinski definition) is 2. The predicted octanol–water partition coefficient (Wildman–Crippen LogP) is 3.17. The van der Waals surface area contributed by atoms with Crippen LogP contribution in [0.1, 0.15) is 56.4 Å². The Kier molecular flexibility index (Phi) is 3.44. The van der Waals surface area contributed by atoms with E-state index in [0.717, 1.165) is 29.9 Å². The van der Waals surface area contributed by atoms with Crippen molar-refractivity contribution in [1.29, 1.82) is 0 Å². The fourth-order valence-electron chi connectivity index (χ4n) is 4.20. The van der Waals surface area contributed by atoms with Crippen molar-refractivity contribution in [2.75, 3.05) is 0 Å². The second-order valence-corrected chi connectivity index (χ2v) is 6.04. The summed E-state index contributed by atoms with van der Waals surface area (Å²) in [6, 6.07) is 2.35. The number of nitrogens with one attached hydrogen (secondary N) is 1. The van der Waals surface area contributed by atoms with Crippen LogP contribution in [-0.4, -0.2) is 0 Å². The molecule has 0 spiro atoms. The fourth-order valence-corrected chi connectivity index (χ4v) is 4.20. The molecule has 0 radical (unpaired) electrons. The molecule has 18 heavy (non-hydrogen) atoms. The van der Waals surface area contributed by atoms with Gasteiger partial charge in [-0.2, -0.15) is 0 Å². The van der Waals surface area contributed by atoms with E-state index in [1.807, 2.05) is 0 Å². The Labute approximate surface area is 109 Å². The lowest BCUT2D eigenvalue weighted by Crippen LogP contribution is -2.31. The van der Waals surface area contributed by atoms with E-state index in [2.05, 4.69) is 18.4 Å². The van der Waals surface area contributed by atoms with E-state index in [1.165, 1.54) is 37.7 Å². The molecule has 2 saturated carbocycles. The van der Waals surface area contributed by atoms with E-state index in [-0.39, 0.29) is 6.04 Å². The van der Waals surface area contributed by atoms with Gasteiger partial charge in [0.2, 0.25) is 0 Å². The second-order valence-electron chi connectivity index (χ2n) is 6.04. The summed E-state index contributed by atoms with van der Waals surface area (Å²) in [6.07, 6.45) is 9.70. The third-order valence-corrected chi connectivity index (χ3v) is 5.10. The van der Waals surface area contributed by atoms with Crippen molar-refractivity contribution in [1.82, 2.24) is 5.43 Å². The molecule has 3 rings (SSSR count). The number of aryl methyl sites for hydroxylation is 1. The summed E-state index contributed by atoms with van der Waals surface area (Å²) in [5, 5.41) is 0. The highest BCUT2D eigenvalue weighted by atomic mass is 16.3. The molecule has 0 amide bonds. The Bertz CT molecular complexity index is 401. The minimum atomic E-state index is 0.267. The molecule has 1 aromatic heterocycles. The van der Waals surface area contributed by atoms with Gasteiger partial charge in [0.15, 0.2) is 0 Å². The first kappa shape index (κ1) is 12.2. The molecular weight excluding hydrogens is 224 g/mol. The molecule has 2 aliphatic carbocycles. The van der Waals surface area contributed by atoms with Crippen molar-refractivity contribution in [2.45, 2.75) is 51.5 Å². The lowest BCUT2D eigenvalue weighted by Gasteiger charge is -2.26. The van der Waals surface area contributed by atoms with E-state index in [0.29, 0.717) is 0 Å². The van der Waals surface area contributed by atoms with Gasteiger partial charge in [0.05, 0.1) is 6.26 Å². The summed E-state index contributed by atoms with van der Waals surface area (Å²) < 4.78 is 5.53. The second kappa shape index (κ2) is 5.06. The number of hydrogen-bond acceptors (Lipinski definition) is 3. The van der Waals surface area contributed by atoms with Gasteiger partial charge in [0, 0.05) is 18.0 Å². The summed E-state index contributed by atoms with van der Waals surface area (Å²) >= 11 is 0. The molecule has 0 aliphatic heterocycles. The third-order valence-electron chi connectivity index (χ3n) is 5.10. The van der Waals surface area contributed by atoms with Crippen molar-refractivity contribution in [3.05, 3.63) is 23.7 Å². The number of nitrogens with two attached hydrogens (primary N) is 1. The van der Waals surface area contributed by atoms with E-state index < -0.39 is 0 Å². The molecule has 0 aromatic carbocycles. The van der Waals surface area contributed by atoms with Crippen LogP contribution < -0.4 is 11.3 Å². The van der Waals surface area contributed by atoms with Gasteiger partial charge in [-0.1, -0.05) is 13.3 Å². The Balaban J connectivity index is 1.69. The summed E-state index contributed by atoms with van der Waals surface area (Å²) in [7, 11) is 0. The molecule has 2 fully saturated rings. The average Bonchev–Trinajstić information content (AvgIpc) is 3.10. The van der Waals surface area contributed by atoms with Gasteiger partial charge in [-0.25, -0.2) is 0 Å². The Morgan fingerprint density at radius 3 is 2.94 bits per heavy atom. The summed E-state index contributed by atoms with van der Waals surface area (Å²) in [5.41, 5.74) is 4.27. The van der Waals surface area contributed by atoms with Gasteiger partial charge < -0.3 is 4.42 Å². The van der Waals surface area contributed by atoms with Crippen molar-refractivity contribution in [3.63, 3.8) is 0 Å². The SMILES string of the molecule is CCc1occc1C(CC1CC2CCC1C2)NN. The Hall–Kier alpha value is -0.800. The topological polar surface area (TPSA) is 51.2 Å². The van der Waals surface area contributed by atoms with Gasteiger partial charge in [0.1, 0.15) is 5.76 Å². The lowest BCUT2D eigenvalue weighted by molar-refractivity contribution is 0.278. The molecule has 1 heterocycles. The van der Waals surface area contributed by atoms with Crippen LogP contribution in [0.4, 0.5) is 0 Å². The van der Waals surface area contributed by atoms with Crippen LogP contribution in [0, 0.1) is 17.8 Å². The standard InChI is InChI=1S/C15H24N2O/c1-2-15-13(5-6-18-15)14(17-16)9-12-8-10-3-4-11(12)7-10/h5-6,10-12,14,17H,2-4,7-9,16H2,1H3. The molecule has 3 nitrogen and oxygen atoms in total. The number of hydrazine groups is 1. The van der Waals surface area contributed by atoms with E-state index in [4.69, 9.17) is 10.3 Å².